The molecule has 1 spiro atoms. The molecule has 2 rings (SSSR count). The molecular weight excluding hydrogens is 200 g/mol. The first-order chi connectivity index (χ1) is 7.83. The van der Waals surface area contributed by atoms with Crippen molar-refractivity contribution >= 4 is 0 Å². The Hall–Kier alpha value is -0.590. The third-order valence-corrected chi connectivity index (χ3v) is 4.31. The van der Waals surface area contributed by atoms with E-state index < -0.39 is 0 Å². The molecule has 1 N–H and O–H groups in total. The number of nitriles is 1. The van der Waals surface area contributed by atoms with Gasteiger partial charge in [-0.25, -0.2) is 0 Å². The van der Waals surface area contributed by atoms with Crippen LogP contribution in [-0.2, 0) is 4.74 Å². The lowest BCUT2D eigenvalue weighted by Crippen LogP contribution is -2.62. The quantitative estimate of drug-likeness (QED) is 0.725. The summed E-state index contributed by atoms with van der Waals surface area (Å²) in [6, 6.07) is 2.79. The zero-order valence-electron chi connectivity index (χ0n) is 10.2. The predicted octanol–water partition coefficient (Wildman–Crippen LogP) is 2.23. The minimum Gasteiger partial charge on any atom is -0.378 e. The number of hydrogen-bond donors (Lipinski definition) is 1. The van der Waals surface area contributed by atoms with Gasteiger partial charge in [0.25, 0.3) is 0 Å². The molecule has 0 aromatic carbocycles. The Bertz CT molecular complexity index is 266. The summed E-state index contributed by atoms with van der Waals surface area (Å²) in [6.45, 7) is 3.75. The summed E-state index contributed by atoms with van der Waals surface area (Å²) in [4.78, 5) is 0. The van der Waals surface area contributed by atoms with Crippen LogP contribution < -0.4 is 5.32 Å². The van der Waals surface area contributed by atoms with Gasteiger partial charge < -0.3 is 10.1 Å². The van der Waals surface area contributed by atoms with E-state index in [0.29, 0.717) is 24.0 Å². The van der Waals surface area contributed by atoms with Gasteiger partial charge in [-0.3, -0.25) is 0 Å². The second-order valence-corrected chi connectivity index (χ2v) is 5.03. The van der Waals surface area contributed by atoms with Crippen LogP contribution in [0.25, 0.3) is 0 Å². The summed E-state index contributed by atoms with van der Waals surface area (Å²) in [5.41, 5.74) is 0.408. The van der Waals surface area contributed by atoms with Crippen LogP contribution in [0.15, 0.2) is 0 Å². The van der Waals surface area contributed by atoms with Crippen molar-refractivity contribution in [3.8, 4) is 6.07 Å². The molecule has 3 heteroatoms. The van der Waals surface area contributed by atoms with E-state index in [1.807, 2.05) is 0 Å². The highest BCUT2D eigenvalue weighted by atomic mass is 16.5. The minimum absolute atomic E-state index is 0.408. The van der Waals surface area contributed by atoms with E-state index in [2.05, 4.69) is 18.3 Å². The second kappa shape index (κ2) is 5.16. The van der Waals surface area contributed by atoms with E-state index in [9.17, 15) is 0 Å². The average Bonchev–Trinajstić information content (AvgIpc) is 2.79. The van der Waals surface area contributed by atoms with Crippen LogP contribution in [0, 0.1) is 16.7 Å². The normalized spacial score (nSPS) is 31.2. The van der Waals surface area contributed by atoms with Crippen LogP contribution in [0.3, 0.4) is 0 Å². The van der Waals surface area contributed by atoms with Crippen molar-refractivity contribution in [3.63, 3.8) is 0 Å². The molecule has 3 nitrogen and oxygen atoms in total. The first-order valence-corrected chi connectivity index (χ1v) is 6.55. The molecule has 2 atom stereocenters. The average molecular weight is 222 g/mol. The smallest absolute Gasteiger partial charge is 0.0661 e. The number of rotatable bonds is 5. The molecule has 2 aliphatic carbocycles. The molecule has 0 aromatic rings. The van der Waals surface area contributed by atoms with Crippen LogP contribution in [-0.4, -0.2) is 25.3 Å². The summed E-state index contributed by atoms with van der Waals surface area (Å²) in [6.07, 6.45) is 7.54. The Balaban J connectivity index is 1.88. The number of nitrogens with one attached hydrogen (secondary N) is 1. The monoisotopic (exact) mass is 222 g/mol. The van der Waals surface area contributed by atoms with Gasteiger partial charge in [0.1, 0.15) is 0 Å². The highest BCUT2D eigenvalue weighted by Crippen LogP contribution is 2.54. The zero-order chi connectivity index (χ0) is 11.4. The molecule has 2 aliphatic rings. The van der Waals surface area contributed by atoms with Gasteiger partial charge in [-0.1, -0.05) is 12.8 Å². The summed E-state index contributed by atoms with van der Waals surface area (Å²) >= 11 is 0. The molecule has 0 bridgehead atoms. The van der Waals surface area contributed by atoms with E-state index in [0.717, 1.165) is 19.6 Å². The van der Waals surface area contributed by atoms with E-state index in [1.54, 1.807) is 0 Å². The summed E-state index contributed by atoms with van der Waals surface area (Å²) in [5, 5.41) is 12.1. The SMILES string of the molecule is CCOC1CC(NCCC#N)C12CCCC2. The van der Waals surface area contributed by atoms with Gasteiger partial charge in [0, 0.05) is 31.0 Å². The molecule has 2 unspecified atom stereocenters. The standard InChI is InChI=1S/C13H22N2O/c1-2-16-12-10-11(15-9-5-8-14)13(12)6-3-4-7-13/h11-12,15H,2-7,9-10H2,1H3. The molecule has 16 heavy (non-hydrogen) atoms. The summed E-state index contributed by atoms with van der Waals surface area (Å²) < 4.78 is 5.85. The Kier molecular flexibility index (Phi) is 3.83. The highest BCUT2D eigenvalue weighted by Gasteiger charge is 2.56. The van der Waals surface area contributed by atoms with Crippen molar-refractivity contribution in [2.24, 2.45) is 5.41 Å². The first kappa shape index (κ1) is 11.9. The molecule has 0 amide bonds. The Morgan fingerprint density at radius 2 is 2.19 bits per heavy atom. The number of nitrogens with zero attached hydrogens (tertiary/aromatic N) is 1. The number of ether oxygens (including phenoxy) is 1. The second-order valence-electron chi connectivity index (χ2n) is 5.03. The summed E-state index contributed by atoms with van der Waals surface area (Å²) in [7, 11) is 0. The van der Waals surface area contributed by atoms with Crippen molar-refractivity contribution in [1.82, 2.24) is 5.32 Å². The fourth-order valence-electron chi connectivity index (χ4n) is 3.48. The van der Waals surface area contributed by atoms with E-state index >= 15 is 0 Å². The van der Waals surface area contributed by atoms with Crippen LogP contribution >= 0.6 is 0 Å². The third-order valence-electron chi connectivity index (χ3n) is 4.31. The van der Waals surface area contributed by atoms with Gasteiger partial charge in [0.2, 0.25) is 0 Å². The van der Waals surface area contributed by atoms with Crippen molar-refractivity contribution in [2.45, 2.75) is 57.6 Å². The molecule has 0 heterocycles. The fraction of sp³-hybridized carbons (Fsp3) is 0.923. The van der Waals surface area contributed by atoms with Gasteiger partial charge in [0.05, 0.1) is 12.2 Å². The summed E-state index contributed by atoms with van der Waals surface area (Å²) in [5.74, 6) is 0. The van der Waals surface area contributed by atoms with Crippen molar-refractivity contribution in [1.29, 1.82) is 5.26 Å². The lowest BCUT2D eigenvalue weighted by Gasteiger charge is -2.54. The molecule has 90 valence electrons. The third kappa shape index (κ3) is 1.97. The van der Waals surface area contributed by atoms with Crippen molar-refractivity contribution in [2.75, 3.05) is 13.2 Å². The first-order valence-electron chi connectivity index (χ1n) is 6.55. The van der Waals surface area contributed by atoms with Crippen LogP contribution in [0.2, 0.25) is 0 Å². The minimum atomic E-state index is 0.408. The lowest BCUT2D eigenvalue weighted by atomic mass is 9.60. The molecule has 0 aromatic heterocycles. The van der Waals surface area contributed by atoms with Gasteiger partial charge in [0.15, 0.2) is 0 Å². The molecule has 0 radical (unpaired) electrons. The van der Waals surface area contributed by atoms with Gasteiger partial charge in [-0.15, -0.1) is 0 Å². The van der Waals surface area contributed by atoms with Crippen LogP contribution in [0.4, 0.5) is 0 Å². The Morgan fingerprint density at radius 3 is 2.81 bits per heavy atom. The highest BCUT2D eigenvalue weighted by molar-refractivity contribution is 5.10. The zero-order valence-corrected chi connectivity index (χ0v) is 10.2. The van der Waals surface area contributed by atoms with Crippen molar-refractivity contribution < 1.29 is 4.74 Å². The fourth-order valence-corrected chi connectivity index (χ4v) is 3.48. The van der Waals surface area contributed by atoms with Crippen molar-refractivity contribution in [3.05, 3.63) is 0 Å². The maximum atomic E-state index is 8.55. The molecule has 0 saturated heterocycles. The predicted molar refractivity (Wildman–Crippen MR) is 63.0 cm³/mol. The Morgan fingerprint density at radius 1 is 1.44 bits per heavy atom. The molecule has 2 fully saturated rings. The van der Waals surface area contributed by atoms with E-state index in [4.69, 9.17) is 10.00 Å². The largest absolute Gasteiger partial charge is 0.378 e. The Labute approximate surface area is 98.2 Å². The van der Waals surface area contributed by atoms with Crippen LogP contribution in [0.1, 0.15) is 45.4 Å². The van der Waals surface area contributed by atoms with E-state index in [1.165, 1.54) is 25.7 Å². The van der Waals surface area contributed by atoms with Gasteiger partial charge >= 0.3 is 0 Å². The number of hydrogen-bond acceptors (Lipinski definition) is 3. The lowest BCUT2D eigenvalue weighted by molar-refractivity contribution is -0.130. The molecule has 0 aliphatic heterocycles. The van der Waals surface area contributed by atoms with Gasteiger partial charge in [-0.2, -0.15) is 5.26 Å². The topological polar surface area (TPSA) is 45.0 Å². The molecular formula is C13H22N2O. The van der Waals surface area contributed by atoms with E-state index in [-0.39, 0.29) is 0 Å². The molecule has 2 saturated carbocycles. The maximum absolute atomic E-state index is 8.55. The van der Waals surface area contributed by atoms with Gasteiger partial charge in [-0.05, 0) is 26.2 Å². The van der Waals surface area contributed by atoms with Crippen LogP contribution in [0.5, 0.6) is 0 Å². The maximum Gasteiger partial charge on any atom is 0.0661 e.